The number of rotatable bonds is 2. The molecule has 4 rings (SSSR count). The quantitative estimate of drug-likeness (QED) is 0.551. The maximum atomic E-state index is 6.22. The number of benzene rings is 1. The number of halogens is 1. The highest BCUT2D eigenvalue weighted by molar-refractivity contribution is 7.17. The Labute approximate surface area is 151 Å². The van der Waals surface area contributed by atoms with Gasteiger partial charge in [0.25, 0.3) is 0 Å². The van der Waals surface area contributed by atoms with Gasteiger partial charge in [-0.15, -0.1) is 11.3 Å². The van der Waals surface area contributed by atoms with Crippen molar-refractivity contribution in [3.63, 3.8) is 0 Å². The molecule has 1 fully saturated rings. The maximum absolute atomic E-state index is 6.22. The third kappa shape index (κ3) is 2.78. The minimum Gasteiger partial charge on any atom is -0.353 e. The van der Waals surface area contributed by atoms with Crippen molar-refractivity contribution in [3.8, 4) is 11.1 Å². The van der Waals surface area contributed by atoms with Gasteiger partial charge in [-0.2, -0.15) is 4.98 Å². The molecule has 3 aromatic rings. The maximum Gasteiger partial charge on any atom is 0.225 e. The molecule has 3 heterocycles. The first-order valence-corrected chi connectivity index (χ1v) is 9.67. The molecule has 2 aromatic heterocycles. The molecule has 0 spiro atoms. The molecule has 0 aliphatic carbocycles. The van der Waals surface area contributed by atoms with E-state index in [0.29, 0.717) is 11.3 Å². The van der Waals surface area contributed by atoms with Gasteiger partial charge in [0.1, 0.15) is 10.6 Å². The molecule has 124 valence electrons. The minimum absolute atomic E-state index is 0.340. The van der Waals surface area contributed by atoms with Crippen LogP contribution in [0.15, 0.2) is 29.6 Å². The number of anilines is 1. The van der Waals surface area contributed by atoms with Crippen LogP contribution in [0.5, 0.6) is 0 Å². The second-order valence-electron chi connectivity index (χ2n) is 6.55. The summed E-state index contributed by atoms with van der Waals surface area (Å²) >= 11 is 7.87. The predicted molar refractivity (Wildman–Crippen MR) is 103 cm³/mol. The van der Waals surface area contributed by atoms with Crippen LogP contribution in [0.1, 0.15) is 31.7 Å². The van der Waals surface area contributed by atoms with E-state index in [0.717, 1.165) is 22.6 Å². The highest BCUT2D eigenvalue weighted by atomic mass is 35.5. The summed E-state index contributed by atoms with van der Waals surface area (Å²) in [5, 5.41) is 3.66. The number of thiophene rings is 1. The van der Waals surface area contributed by atoms with E-state index >= 15 is 0 Å². The molecule has 0 saturated carbocycles. The van der Waals surface area contributed by atoms with Gasteiger partial charge in [-0.05, 0) is 50.3 Å². The normalized spacial score (nSPS) is 18.3. The van der Waals surface area contributed by atoms with Gasteiger partial charge in [0.2, 0.25) is 5.28 Å². The van der Waals surface area contributed by atoms with Gasteiger partial charge < -0.3 is 4.90 Å². The summed E-state index contributed by atoms with van der Waals surface area (Å²) < 4.78 is 0. The van der Waals surface area contributed by atoms with Gasteiger partial charge in [-0.1, -0.05) is 29.8 Å². The molecule has 0 amide bonds. The van der Waals surface area contributed by atoms with E-state index in [2.05, 4.69) is 58.4 Å². The van der Waals surface area contributed by atoms with E-state index in [4.69, 9.17) is 11.6 Å². The number of aromatic nitrogens is 2. The molecule has 1 atom stereocenters. The Kier molecular flexibility index (Phi) is 4.19. The first-order chi connectivity index (χ1) is 11.6. The van der Waals surface area contributed by atoms with Crippen LogP contribution in [0.25, 0.3) is 21.3 Å². The molecule has 3 nitrogen and oxygen atoms in total. The molecule has 1 aromatic carbocycles. The molecule has 24 heavy (non-hydrogen) atoms. The van der Waals surface area contributed by atoms with Crippen LogP contribution in [0.4, 0.5) is 5.82 Å². The van der Waals surface area contributed by atoms with Crippen molar-refractivity contribution in [1.29, 1.82) is 0 Å². The zero-order chi connectivity index (χ0) is 16.7. The second kappa shape index (κ2) is 6.34. The Balaban J connectivity index is 1.92. The minimum atomic E-state index is 0.340. The van der Waals surface area contributed by atoms with E-state index in [1.807, 2.05) is 0 Å². The smallest absolute Gasteiger partial charge is 0.225 e. The van der Waals surface area contributed by atoms with E-state index in [9.17, 15) is 0 Å². The summed E-state index contributed by atoms with van der Waals surface area (Å²) in [6.07, 6.45) is 3.69. The van der Waals surface area contributed by atoms with Crippen molar-refractivity contribution in [2.75, 3.05) is 11.4 Å². The SMILES string of the molecule is Cc1ccc(-c2csc3nc(Cl)nc(N4CCCCC4C)c23)cc1. The van der Waals surface area contributed by atoms with E-state index in [1.165, 1.54) is 36.0 Å². The summed E-state index contributed by atoms with van der Waals surface area (Å²) in [5.74, 6) is 0.994. The standard InChI is InChI=1S/C19H20ClN3S/c1-12-6-8-14(9-7-12)15-11-24-18-16(15)17(21-19(20)22-18)23-10-4-3-5-13(23)2/h6-9,11,13H,3-5,10H2,1-2H3. The Hall–Kier alpha value is -1.65. The van der Waals surface area contributed by atoms with Crippen LogP contribution >= 0.6 is 22.9 Å². The summed E-state index contributed by atoms with van der Waals surface area (Å²) in [5.41, 5.74) is 3.69. The summed E-state index contributed by atoms with van der Waals surface area (Å²) in [6.45, 7) is 5.42. The lowest BCUT2D eigenvalue weighted by Gasteiger charge is -2.35. The average molecular weight is 358 g/mol. The topological polar surface area (TPSA) is 29.0 Å². The third-order valence-corrected chi connectivity index (χ3v) is 5.87. The molecule has 1 aliphatic heterocycles. The van der Waals surface area contributed by atoms with Gasteiger partial charge >= 0.3 is 0 Å². The number of hydrogen-bond donors (Lipinski definition) is 0. The Morgan fingerprint density at radius 2 is 1.96 bits per heavy atom. The molecule has 0 N–H and O–H groups in total. The van der Waals surface area contributed by atoms with Gasteiger partial charge in [-0.3, -0.25) is 0 Å². The van der Waals surface area contributed by atoms with E-state index in [1.54, 1.807) is 11.3 Å². The monoisotopic (exact) mass is 357 g/mol. The fraction of sp³-hybridized carbons (Fsp3) is 0.368. The molecular formula is C19H20ClN3S. The fourth-order valence-electron chi connectivity index (χ4n) is 3.46. The number of hydrogen-bond acceptors (Lipinski definition) is 4. The van der Waals surface area contributed by atoms with Crippen LogP contribution in [0, 0.1) is 6.92 Å². The van der Waals surface area contributed by atoms with E-state index in [-0.39, 0.29) is 0 Å². The summed E-state index contributed by atoms with van der Waals surface area (Å²) in [7, 11) is 0. The third-order valence-electron chi connectivity index (χ3n) is 4.82. The Morgan fingerprint density at radius 1 is 1.17 bits per heavy atom. The van der Waals surface area contributed by atoms with Crippen LogP contribution in [0.3, 0.4) is 0 Å². The zero-order valence-corrected chi connectivity index (χ0v) is 15.5. The fourth-order valence-corrected chi connectivity index (χ4v) is 4.62. The molecule has 0 radical (unpaired) electrons. The lowest BCUT2D eigenvalue weighted by molar-refractivity contribution is 0.482. The molecular weight excluding hydrogens is 338 g/mol. The van der Waals surface area contributed by atoms with Crippen molar-refractivity contribution in [2.45, 2.75) is 39.2 Å². The molecule has 1 unspecified atom stereocenters. The predicted octanol–water partition coefficient (Wildman–Crippen LogP) is 5.70. The van der Waals surface area contributed by atoms with Crippen LogP contribution < -0.4 is 4.90 Å². The Bertz CT molecular complexity index is 872. The molecule has 5 heteroatoms. The highest BCUT2D eigenvalue weighted by Crippen LogP contribution is 2.40. The van der Waals surface area contributed by atoms with Crippen molar-refractivity contribution in [3.05, 3.63) is 40.5 Å². The number of fused-ring (bicyclic) bond motifs is 1. The zero-order valence-electron chi connectivity index (χ0n) is 13.9. The highest BCUT2D eigenvalue weighted by Gasteiger charge is 2.25. The lowest BCUT2D eigenvalue weighted by atomic mass is 10.0. The van der Waals surface area contributed by atoms with Gasteiger partial charge in [0.05, 0.1) is 5.39 Å². The number of piperidine rings is 1. The van der Waals surface area contributed by atoms with Crippen molar-refractivity contribution < 1.29 is 0 Å². The second-order valence-corrected chi connectivity index (χ2v) is 7.75. The van der Waals surface area contributed by atoms with Crippen LogP contribution in [-0.4, -0.2) is 22.6 Å². The van der Waals surface area contributed by atoms with Gasteiger partial charge in [0.15, 0.2) is 0 Å². The van der Waals surface area contributed by atoms with Gasteiger partial charge in [0, 0.05) is 23.5 Å². The first kappa shape index (κ1) is 15.9. The van der Waals surface area contributed by atoms with Crippen molar-refractivity contribution in [2.24, 2.45) is 0 Å². The summed E-state index contributed by atoms with van der Waals surface area (Å²) in [6, 6.07) is 9.14. The first-order valence-electron chi connectivity index (χ1n) is 8.42. The van der Waals surface area contributed by atoms with Crippen molar-refractivity contribution in [1.82, 2.24) is 9.97 Å². The average Bonchev–Trinajstić information content (AvgIpc) is 2.99. The molecule has 1 aliphatic rings. The Morgan fingerprint density at radius 3 is 2.71 bits per heavy atom. The van der Waals surface area contributed by atoms with Crippen LogP contribution in [-0.2, 0) is 0 Å². The number of aryl methyl sites for hydroxylation is 1. The van der Waals surface area contributed by atoms with Crippen molar-refractivity contribution >= 4 is 39.0 Å². The summed E-state index contributed by atoms with van der Waals surface area (Å²) in [4.78, 5) is 12.5. The number of nitrogens with zero attached hydrogens (tertiary/aromatic N) is 3. The van der Waals surface area contributed by atoms with Gasteiger partial charge in [-0.25, -0.2) is 4.98 Å². The lowest BCUT2D eigenvalue weighted by Crippen LogP contribution is -2.38. The van der Waals surface area contributed by atoms with Crippen LogP contribution in [0.2, 0.25) is 5.28 Å². The largest absolute Gasteiger partial charge is 0.353 e. The molecule has 0 bridgehead atoms. The molecule has 1 saturated heterocycles. The van der Waals surface area contributed by atoms with E-state index < -0.39 is 0 Å².